The second-order valence-corrected chi connectivity index (χ2v) is 6.41. The molecule has 1 aromatic rings. The summed E-state index contributed by atoms with van der Waals surface area (Å²) < 4.78 is 5.97. The Kier molecular flexibility index (Phi) is 4.27. The van der Waals surface area contributed by atoms with Crippen molar-refractivity contribution in [1.82, 2.24) is 0 Å². The number of aliphatic hydroxyl groups excluding tert-OH is 1. The van der Waals surface area contributed by atoms with Crippen LogP contribution in [0.4, 0.5) is 0 Å². The van der Waals surface area contributed by atoms with E-state index in [-0.39, 0.29) is 0 Å². The summed E-state index contributed by atoms with van der Waals surface area (Å²) in [6.07, 6.45) is 5.71. The van der Waals surface area contributed by atoms with E-state index in [1.165, 1.54) is 25.7 Å². The minimum Gasteiger partial charge on any atom is -0.493 e. The number of fused-ring (bicyclic) bond motifs is 2. The molecule has 2 fully saturated rings. The maximum atomic E-state index is 9.98. The second kappa shape index (κ2) is 6.15. The summed E-state index contributed by atoms with van der Waals surface area (Å²) >= 11 is 0. The van der Waals surface area contributed by atoms with Crippen LogP contribution in [0.3, 0.4) is 0 Å². The largest absolute Gasteiger partial charge is 0.493 e. The lowest BCUT2D eigenvalue weighted by Crippen LogP contribution is -2.18. The summed E-state index contributed by atoms with van der Waals surface area (Å²) in [6.45, 7) is 1.33. The molecule has 0 aromatic heterocycles. The Morgan fingerprint density at radius 3 is 2.90 bits per heavy atom. The number of ether oxygens (including phenoxy) is 1. The highest BCUT2D eigenvalue weighted by atomic mass is 16.5. The number of aliphatic hydroxyl groups is 1. The average molecular weight is 275 g/mol. The number of hydrogen-bond acceptors (Lipinski definition) is 3. The van der Waals surface area contributed by atoms with Crippen LogP contribution in [0.25, 0.3) is 0 Å². The summed E-state index contributed by atoms with van der Waals surface area (Å²) in [7, 11) is 0. The van der Waals surface area contributed by atoms with Gasteiger partial charge in [0.2, 0.25) is 0 Å². The fraction of sp³-hybridized carbons (Fsp3) is 0.647. The minimum absolute atomic E-state index is 0.481. The molecule has 0 radical (unpaired) electrons. The average Bonchev–Trinajstić information content (AvgIpc) is 3.08. The van der Waals surface area contributed by atoms with Gasteiger partial charge in [0.05, 0.1) is 12.7 Å². The maximum absolute atomic E-state index is 9.98. The highest BCUT2D eigenvalue weighted by molar-refractivity contribution is 5.30. The van der Waals surface area contributed by atoms with Crippen molar-refractivity contribution in [3.63, 3.8) is 0 Å². The third-order valence-corrected chi connectivity index (χ3v) is 5.03. The summed E-state index contributed by atoms with van der Waals surface area (Å²) in [5.41, 5.74) is 6.39. The number of nitrogens with two attached hydrogens (primary N) is 1. The van der Waals surface area contributed by atoms with E-state index in [0.29, 0.717) is 13.0 Å². The van der Waals surface area contributed by atoms with Crippen LogP contribution >= 0.6 is 0 Å². The van der Waals surface area contributed by atoms with Gasteiger partial charge in [0.15, 0.2) is 0 Å². The molecular weight excluding hydrogens is 250 g/mol. The van der Waals surface area contributed by atoms with E-state index in [0.717, 1.165) is 35.7 Å². The Hall–Kier alpha value is -1.06. The minimum atomic E-state index is -0.481. The summed E-state index contributed by atoms with van der Waals surface area (Å²) in [5, 5.41) is 9.98. The van der Waals surface area contributed by atoms with E-state index >= 15 is 0 Å². The third kappa shape index (κ3) is 2.99. The van der Waals surface area contributed by atoms with Gasteiger partial charge in [-0.25, -0.2) is 0 Å². The molecular formula is C17H25NO2. The quantitative estimate of drug-likeness (QED) is 0.839. The normalized spacial score (nSPS) is 29.6. The van der Waals surface area contributed by atoms with Crippen LogP contribution in [0, 0.1) is 17.8 Å². The Morgan fingerprint density at radius 2 is 2.20 bits per heavy atom. The molecule has 110 valence electrons. The highest BCUT2D eigenvalue weighted by Crippen LogP contribution is 2.48. The maximum Gasteiger partial charge on any atom is 0.119 e. The van der Waals surface area contributed by atoms with Crippen LogP contribution in [0.15, 0.2) is 24.3 Å². The predicted octanol–water partition coefficient (Wildman–Crippen LogP) is 2.88. The smallest absolute Gasteiger partial charge is 0.119 e. The summed E-state index contributed by atoms with van der Waals surface area (Å²) in [6, 6.07) is 7.81. The Balaban J connectivity index is 1.56. The third-order valence-electron chi connectivity index (χ3n) is 5.03. The fourth-order valence-electron chi connectivity index (χ4n) is 3.92. The number of rotatable bonds is 6. The van der Waals surface area contributed by atoms with Gasteiger partial charge in [-0.1, -0.05) is 18.6 Å². The van der Waals surface area contributed by atoms with Gasteiger partial charge in [-0.15, -0.1) is 0 Å². The van der Waals surface area contributed by atoms with Crippen LogP contribution in [0.1, 0.15) is 43.8 Å². The van der Waals surface area contributed by atoms with Gasteiger partial charge < -0.3 is 15.6 Å². The molecule has 2 aliphatic carbocycles. The highest BCUT2D eigenvalue weighted by Gasteiger charge is 2.39. The van der Waals surface area contributed by atoms with E-state index < -0.39 is 6.10 Å². The molecule has 4 unspecified atom stereocenters. The zero-order valence-electron chi connectivity index (χ0n) is 12.0. The predicted molar refractivity (Wildman–Crippen MR) is 79.5 cm³/mol. The van der Waals surface area contributed by atoms with E-state index in [1.807, 2.05) is 24.3 Å². The van der Waals surface area contributed by atoms with Crippen LogP contribution in [0.2, 0.25) is 0 Å². The molecule has 1 aromatic carbocycles. The van der Waals surface area contributed by atoms with E-state index in [4.69, 9.17) is 10.5 Å². The lowest BCUT2D eigenvalue weighted by Gasteiger charge is -2.22. The molecule has 2 bridgehead atoms. The molecule has 0 saturated heterocycles. The van der Waals surface area contributed by atoms with Crippen LogP contribution in [-0.2, 0) is 0 Å². The van der Waals surface area contributed by atoms with E-state index in [9.17, 15) is 5.11 Å². The molecule has 0 spiro atoms. The first-order chi connectivity index (χ1) is 9.76. The lowest BCUT2D eigenvalue weighted by molar-refractivity contribution is 0.168. The topological polar surface area (TPSA) is 55.5 Å². The van der Waals surface area contributed by atoms with Gasteiger partial charge in [-0.3, -0.25) is 0 Å². The molecule has 3 rings (SSSR count). The van der Waals surface area contributed by atoms with E-state index in [2.05, 4.69) is 0 Å². The van der Waals surface area contributed by atoms with Gasteiger partial charge >= 0.3 is 0 Å². The van der Waals surface area contributed by atoms with Crippen molar-refractivity contribution in [3.05, 3.63) is 29.8 Å². The lowest BCUT2D eigenvalue weighted by atomic mass is 9.89. The second-order valence-electron chi connectivity index (χ2n) is 6.41. The molecule has 0 aliphatic heterocycles. The van der Waals surface area contributed by atoms with Gasteiger partial charge in [-0.2, -0.15) is 0 Å². The van der Waals surface area contributed by atoms with Crippen LogP contribution < -0.4 is 10.5 Å². The molecule has 0 heterocycles. The standard InChI is InChI=1S/C17H25NO2/c18-7-6-17(19)14-2-1-3-16(10-14)20-11-15-9-12-4-5-13(15)8-12/h1-3,10,12-13,15,17,19H,4-9,11,18H2. The van der Waals surface area contributed by atoms with Gasteiger partial charge in [-0.05, 0) is 67.7 Å². The van der Waals surface area contributed by atoms with Gasteiger partial charge in [0.1, 0.15) is 5.75 Å². The van der Waals surface area contributed by atoms with E-state index in [1.54, 1.807) is 0 Å². The van der Waals surface area contributed by atoms with Crippen molar-refractivity contribution in [2.45, 2.75) is 38.2 Å². The molecule has 2 saturated carbocycles. The van der Waals surface area contributed by atoms with Crippen LogP contribution in [0.5, 0.6) is 5.75 Å². The molecule has 3 nitrogen and oxygen atoms in total. The Labute approximate surface area is 121 Å². The summed E-state index contributed by atoms with van der Waals surface area (Å²) in [5.74, 6) is 3.48. The van der Waals surface area contributed by atoms with Crippen molar-refractivity contribution in [1.29, 1.82) is 0 Å². The molecule has 3 heteroatoms. The van der Waals surface area contributed by atoms with Gasteiger partial charge in [0, 0.05) is 0 Å². The number of hydrogen-bond donors (Lipinski definition) is 2. The van der Waals surface area contributed by atoms with Gasteiger partial charge in [0.25, 0.3) is 0 Å². The van der Waals surface area contributed by atoms with Crippen molar-refractivity contribution in [3.8, 4) is 5.75 Å². The van der Waals surface area contributed by atoms with Crippen molar-refractivity contribution < 1.29 is 9.84 Å². The molecule has 3 N–H and O–H groups in total. The molecule has 20 heavy (non-hydrogen) atoms. The first-order valence-electron chi connectivity index (χ1n) is 7.87. The first kappa shape index (κ1) is 13.9. The molecule has 0 amide bonds. The molecule has 2 aliphatic rings. The van der Waals surface area contributed by atoms with Crippen molar-refractivity contribution in [2.75, 3.05) is 13.2 Å². The Morgan fingerprint density at radius 1 is 1.30 bits per heavy atom. The van der Waals surface area contributed by atoms with Crippen molar-refractivity contribution in [2.24, 2.45) is 23.5 Å². The zero-order valence-corrected chi connectivity index (χ0v) is 12.0. The monoisotopic (exact) mass is 275 g/mol. The summed E-state index contributed by atoms with van der Waals surface area (Å²) in [4.78, 5) is 0. The fourth-order valence-corrected chi connectivity index (χ4v) is 3.92. The Bertz CT molecular complexity index is 448. The first-order valence-corrected chi connectivity index (χ1v) is 7.87. The van der Waals surface area contributed by atoms with Crippen molar-refractivity contribution >= 4 is 0 Å². The zero-order chi connectivity index (χ0) is 13.9. The SMILES string of the molecule is NCCC(O)c1cccc(OCC2CC3CCC2C3)c1. The van der Waals surface area contributed by atoms with Crippen LogP contribution in [-0.4, -0.2) is 18.3 Å². The number of benzene rings is 1. The molecule has 4 atom stereocenters.